The molecular formula is C33H51BrFN3O2S. The Labute approximate surface area is 261 Å². The number of hydrogen-bond donors (Lipinski definition) is 2. The van der Waals surface area contributed by atoms with Crippen LogP contribution in [0.1, 0.15) is 67.2 Å². The number of nitrogens with zero attached hydrogens (tertiary/aromatic N) is 1. The summed E-state index contributed by atoms with van der Waals surface area (Å²) in [6.07, 6.45) is 12.5. The van der Waals surface area contributed by atoms with E-state index < -0.39 is 5.83 Å². The van der Waals surface area contributed by atoms with Gasteiger partial charge in [-0.05, 0) is 62.7 Å². The third kappa shape index (κ3) is 21.9. The monoisotopic (exact) mass is 651 g/mol. The average molecular weight is 653 g/mol. The van der Waals surface area contributed by atoms with Gasteiger partial charge in [0, 0.05) is 58.7 Å². The maximum absolute atomic E-state index is 13.3. The first-order chi connectivity index (χ1) is 19.3. The highest BCUT2D eigenvalue weighted by Gasteiger charge is 2.17. The van der Waals surface area contributed by atoms with Crippen molar-refractivity contribution < 1.29 is 14.0 Å². The lowest BCUT2D eigenvalue weighted by molar-refractivity contribution is -0.117. The van der Waals surface area contributed by atoms with Gasteiger partial charge in [0.25, 0.3) is 0 Å². The molecular weight excluding hydrogens is 601 g/mol. The van der Waals surface area contributed by atoms with Crippen LogP contribution in [0.15, 0.2) is 87.2 Å². The molecule has 8 heteroatoms. The summed E-state index contributed by atoms with van der Waals surface area (Å²) in [5.74, 6) is 1.34. The number of rotatable bonds is 20. The van der Waals surface area contributed by atoms with Gasteiger partial charge in [-0.25, -0.2) is 4.39 Å². The molecule has 0 aromatic heterocycles. The van der Waals surface area contributed by atoms with Gasteiger partial charge >= 0.3 is 0 Å². The number of aliphatic imine (C=N–C) groups is 1. The number of carbonyl (C=O) groups excluding carboxylic acids is 2. The Kier molecular flexibility index (Phi) is 25.1. The molecule has 0 aliphatic carbocycles. The zero-order valence-electron chi connectivity index (χ0n) is 26.1. The van der Waals surface area contributed by atoms with Crippen LogP contribution < -0.4 is 10.6 Å². The summed E-state index contributed by atoms with van der Waals surface area (Å²) in [5, 5.41) is 5.88. The third-order valence-electron chi connectivity index (χ3n) is 6.04. The van der Waals surface area contributed by atoms with Gasteiger partial charge in [-0.3, -0.25) is 9.79 Å². The summed E-state index contributed by atoms with van der Waals surface area (Å²) >= 11 is 5.12. The van der Waals surface area contributed by atoms with E-state index in [1.54, 1.807) is 30.8 Å². The lowest BCUT2D eigenvalue weighted by atomic mass is 9.90. The van der Waals surface area contributed by atoms with Crippen molar-refractivity contribution in [2.45, 2.75) is 67.2 Å². The summed E-state index contributed by atoms with van der Waals surface area (Å²) < 4.78 is 14.2. The van der Waals surface area contributed by atoms with E-state index >= 15 is 0 Å². The Morgan fingerprint density at radius 1 is 1.20 bits per heavy atom. The van der Waals surface area contributed by atoms with Crippen LogP contribution in [0.25, 0.3) is 0 Å². The van der Waals surface area contributed by atoms with E-state index in [1.165, 1.54) is 6.08 Å². The van der Waals surface area contributed by atoms with E-state index in [4.69, 9.17) is 4.99 Å². The minimum absolute atomic E-state index is 0.289. The Bertz CT molecular complexity index is 1010. The van der Waals surface area contributed by atoms with E-state index in [0.717, 1.165) is 57.6 Å². The van der Waals surface area contributed by atoms with Crippen LogP contribution in [0.3, 0.4) is 0 Å². The fraction of sp³-hybridized carbons (Fsp3) is 0.485. The summed E-state index contributed by atoms with van der Waals surface area (Å²) in [7, 11) is 1.89. The molecule has 0 aromatic rings. The highest BCUT2D eigenvalue weighted by molar-refractivity contribution is 9.11. The Morgan fingerprint density at radius 2 is 1.85 bits per heavy atom. The number of amides is 1. The van der Waals surface area contributed by atoms with Crippen LogP contribution in [0.4, 0.5) is 4.39 Å². The molecule has 0 aliphatic rings. The lowest BCUT2D eigenvalue weighted by Crippen LogP contribution is -2.16. The second kappa shape index (κ2) is 25.3. The smallest absolute Gasteiger partial charge is 0.207 e. The fourth-order valence-electron chi connectivity index (χ4n) is 3.09. The number of allylic oxidation sites excluding steroid dienone is 9. The molecule has 0 fully saturated rings. The predicted octanol–water partition coefficient (Wildman–Crippen LogP) is 8.79. The number of halogens is 2. The van der Waals surface area contributed by atoms with Gasteiger partial charge in [0.05, 0.1) is 0 Å². The van der Waals surface area contributed by atoms with Gasteiger partial charge in [0.1, 0.15) is 11.6 Å². The minimum Gasteiger partial charge on any atom is -0.391 e. The predicted molar refractivity (Wildman–Crippen MR) is 183 cm³/mol. The van der Waals surface area contributed by atoms with Gasteiger partial charge < -0.3 is 15.4 Å². The molecule has 0 heterocycles. The van der Waals surface area contributed by atoms with E-state index in [-0.39, 0.29) is 5.78 Å². The average Bonchev–Trinajstić information content (AvgIpc) is 2.91. The van der Waals surface area contributed by atoms with Crippen LogP contribution in [0.5, 0.6) is 0 Å². The van der Waals surface area contributed by atoms with Gasteiger partial charge in [-0.1, -0.05) is 81.6 Å². The summed E-state index contributed by atoms with van der Waals surface area (Å²) in [4.78, 5) is 26.3. The molecule has 0 saturated carbocycles. The van der Waals surface area contributed by atoms with Crippen molar-refractivity contribution in [1.82, 2.24) is 10.6 Å². The second-order valence-electron chi connectivity index (χ2n) is 9.86. The largest absolute Gasteiger partial charge is 0.391 e. The maximum Gasteiger partial charge on any atom is 0.207 e. The first-order valence-electron chi connectivity index (χ1n) is 14.0. The molecule has 41 heavy (non-hydrogen) atoms. The topological polar surface area (TPSA) is 70.6 Å². The van der Waals surface area contributed by atoms with Crippen LogP contribution in [0, 0.1) is 11.8 Å². The van der Waals surface area contributed by atoms with Crippen molar-refractivity contribution >= 4 is 45.6 Å². The first kappa shape index (κ1) is 40.7. The van der Waals surface area contributed by atoms with Crippen LogP contribution in [-0.4, -0.2) is 43.8 Å². The number of carbonyl (C=O) groups is 2. The SMILES string of the molecule is C=C/C(Br)=C\C(CSC(=C)/C(=C\C=C/C(=C)F)C(CC(C)C(C)C)=NCCCNC=O)=C(/C)NC.CCCC(C)=O. The molecule has 0 rings (SSSR count). The molecule has 1 unspecified atom stereocenters. The first-order valence-corrected chi connectivity index (χ1v) is 15.7. The summed E-state index contributed by atoms with van der Waals surface area (Å²) in [6, 6.07) is 0. The Morgan fingerprint density at radius 3 is 2.32 bits per heavy atom. The molecule has 1 atom stereocenters. The quantitative estimate of drug-likeness (QED) is 0.0597. The molecule has 5 nitrogen and oxygen atoms in total. The van der Waals surface area contributed by atoms with Gasteiger partial charge in [0.15, 0.2) is 0 Å². The Hall–Kier alpha value is -2.45. The fourth-order valence-corrected chi connectivity index (χ4v) is 4.34. The van der Waals surface area contributed by atoms with Crippen molar-refractivity contribution in [3.8, 4) is 0 Å². The molecule has 0 aromatic carbocycles. The van der Waals surface area contributed by atoms with Crippen molar-refractivity contribution in [3.05, 3.63) is 82.2 Å². The summed E-state index contributed by atoms with van der Waals surface area (Å²) in [5.41, 5.74) is 3.97. The van der Waals surface area contributed by atoms with E-state index in [0.29, 0.717) is 37.1 Å². The molecule has 0 aliphatic heterocycles. The third-order valence-corrected chi connectivity index (χ3v) is 7.61. The minimum atomic E-state index is -0.512. The van der Waals surface area contributed by atoms with E-state index in [9.17, 15) is 14.0 Å². The van der Waals surface area contributed by atoms with Crippen molar-refractivity contribution in [3.63, 3.8) is 0 Å². The van der Waals surface area contributed by atoms with Crippen LogP contribution in [0.2, 0.25) is 0 Å². The molecule has 0 radical (unpaired) electrons. The van der Waals surface area contributed by atoms with Gasteiger partial charge in [-0.2, -0.15) is 0 Å². The highest BCUT2D eigenvalue weighted by Crippen LogP contribution is 2.30. The number of thioether (sulfide) groups is 1. The van der Waals surface area contributed by atoms with Crippen molar-refractivity contribution in [2.75, 3.05) is 25.9 Å². The Balaban J connectivity index is 0. The molecule has 2 N–H and O–H groups in total. The molecule has 1 amide bonds. The zero-order chi connectivity index (χ0) is 31.8. The van der Waals surface area contributed by atoms with Crippen LogP contribution >= 0.6 is 27.7 Å². The lowest BCUT2D eigenvalue weighted by Gasteiger charge is -2.20. The zero-order valence-corrected chi connectivity index (χ0v) is 28.5. The van der Waals surface area contributed by atoms with Crippen molar-refractivity contribution in [1.29, 1.82) is 0 Å². The van der Waals surface area contributed by atoms with E-state index in [2.05, 4.69) is 67.1 Å². The molecule has 230 valence electrons. The normalized spacial score (nSPS) is 13.7. The number of hydrogen-bond acceptors (Lipinski definition) is 5. The number of nitrogens with one attached hydrogen (secondary N) is 2. The number of ketones is 1. The van der Waals surface area contributed by atoms with E-state index in [1.807, 2.05) is 33.0 Å². The second-order valence-corrected chi connectivity index (χ2v) is 11.8. The molecule has 0 spiro atoms. The maximum atomic E-state index is 13.3. The summed E-state index contributed by atoms with van der Waals surface area (Å²) in [6.45, 7) is 24.8. The van der Waals surface area contributed by atoms with Gasteiger partial charge in [0.2, 0.25) is 6.41 Å². The molecule has 0 saturated heterocycles. The number of Topliss-reactive ketones (excluding diaryl/α,β-unsaturated/α-hetero) is 1. The van der Waals surface area contributed by atoms with Gasteiger partial charge in [-0.15, -0.1) is 11.8 Å². The highest BCUT2D eigenvalue weighted by atomic mass is 79.9. The van der Waals surface area contributed by atoms with Crippen molar-refractivity contribution in [2.24, 2.45) is 16.8 Å². The molecule has 0 bridgehead atoms. The van der Waals surface area contributed by atoms with Crippen LogP contribution in [-0.2, 0) is 9.59 Å². The standard InChI is InChI=1S/C28H41BrFN3OS.C5H10O/c1-9-26(29)17-25(23(6)31-8)18-35-24(7)27(13-10-12-22(5)30)28(16-21(4)20(2)3)33-15-11-14-32-19-34;1-3-4-5(2)6/h9-10,12-13,17,19-21,31H,1,5,7,11,14-16,18H2,2-4,6,8H3,(H,32,34);3-4H2,1-2H3/b12-10-,25-23-,26-17+,27-13+,33-28?;.